The number of ether oxygens (including phenoxy) is 2. The highest BCUT2D eigenvalue weighted by molar-refractivity contribution is 6.36. The molecule has 174 valence electrons. The van der Waals surface area contributed by atoms with Gasteiger partial charge < -0.3 is 19.5 Å². The molecular formula is C24H28Cl3NO4. The smallest absolute Gasteiger partial charge is 0.307 e. The summed E-state index contributed by atoms with van der Waals surface area (Å²) in [5, 5.41) is 10.4. The van der Waals surface area contributed by atoms with Crippen LogP contribution in [0.4, 0.5) is 0 Å². The summed E-state index contributed by atoms with van der Waals surface area (Å²) in [5.74, 6) is 0.495. The van der Waals surface area contributed by atoms with E-state index in [2.05, 4.69) is 11.0 Å². The van der Waals surface area contributed by atoms with Gasteiger partial charge in [0.25, 0.3) is 0 Å². The SMILES string of the molecule is Cc1cc(Cl)c(COc2ccc3c(c2)OCC32CCN(CC(C)C(=O)O)CC2)c(Cl)c1.Cl. The number of rotatable bonds is 6. The number of fused-ring (bicyclic) bond motifs is 2. The Morgan fingerprint density at radius 3 is 2.50 bits per heavy atom. The standard InChI is InChI=1S/C24H27Cl2NO4.ClH/c1-15-9-20(25)18(21(26)10-15)13-30-17-3-4-19-22(11-17)31-14-24(19)5-7-27(8-6-24)12-16(2)23(28)29;/h3-4,9-11,16H,5-8,12-14H2,1-2H3,(H,28,29);1H. The van der Waals surface area contributed by atoms with Crippen molar-refractivity contribution in [2.24, 2.45) is 5.92 Å². The Balaban J connectivity index is 0.00000289. The van der Waals surface area contributed by atoms with E-state index in [4.69, 9.17) is 37.8 Å². The molecule has 1 fully saturated rings. The highest BCUT2D eigenvalue weighted by Crippen LogP contribution is 2.46. The number of hydrogen-bond acceptors (Lipinski definition) is 4. The minimum atomic E-state index is -0.740. The van der Waals surface area contributed by atoms with Gasteiger partial charge in [0.1, 0.15) is 18.1 Å². The average Bonchev–Trinajstić information content (AvgIpc) is 3.06. The second kappa shape index (κ2) is 10.1. The summed E-state index contributed by atoms with van der Waals surface area (Å²) < 4.78 is 12.0. The Morgan fingerprint density at radius 1 is 1.22 bits per heavy atom. The lowest BCUT2D eigenvalue weighted by Gasteiger charge is -2.39. The van der Waals surface area contributed by atoms with E-state index in [1.165, 1.54) is 5.56 Å². The molecule has 32 heavy (non-hydrogen) atoms. The van der Waals surface area contributed by atoms with Crippen molar-refractivity contribution in [2.75, 3.05) is 26.2 Å². The zero-order chi connectivity index (χ0) is 22.2. The van der Waals surface area contributed by atoms with Gasteiger partial charge in [-0.2, -0.15) is 0 Å². The van der Waals surface area contributed by atoms with Gasteiger partial charge in [0.15, 0.2) is 0 Å². The average molecular weight is 501 g/mol. The van der Waals surface area contributed by atoms with Crippen LogP contribution >= 0.6 is 35.6 Å². The number of aryl methyl sites for hydroxylation is 1. The summed E-state index contributed by atoms with van der Waals surface area (Å²) in [5.41, 5.74) is 3.01. The summed E-state index contributed by atoms with van der Waals surface area (Å²) in [6.07, 6.45) is 1.92. The third kappa shape index (κ3) is 5.12. The first-order valence-corrected chi connectivity index (χ1v) is 11.3. The highest BCUT2D eigenvalue weighted by Gasteiger charge is 2.43. The molecule has 1 unspecified atom stereocenters. The van der Waals surface area contributed by atoms with Crippen molar-refractivity contribution in [1.82, 2.24) is 4.90 Å². The van der Waals surface area contributed by atoms with Gasteiger partial charge in [0.05, 0.1) is 12.5 Å². The van der Waals surface area contributed by atoms with Crippen molar-refractivity contribution in [3.63, 3.8) is 0 Å². The number of aliphatic carboxylic acids is 1. The lowest BCUT2D eigenvalue weighted by atomic mass is 9.74. The Kier molecular flexibility index (Phi) is 7.87. The van der Waals surface area contributed by atoms with Crippen LogP contribution < -0.4 is 9.47 Å². The number of likely N-dealkylation sites (tertiary alicyclic amines) is 1. The zero-order valence-corrected chi connectivity index (χ0v) is 20.5. The van der Waals surface area contributed by atoms with Crippen LogP contribution in [0.25, 0.3) is 0 Å². The van der Waals surface area contributed by atoms with Gasteiger partial charge in [0, 0.05) is 39.2 Å². The number of halogens is 3. The van der Waals surface area contributed by atoms with Crippen molar-refractivity contribution in [3.8, 4) is 11.5 Å². The number of nitrogens with zero attached hydrogens (tertiary/aromatic N) is 1. The van der Waals surface area contributed by atoms with Crippen LogP contribution in [0, 0.1) is 12.8 Å². The van der Waals surface area contributed by atoms with Crippen LogP contribution in [0.15, 0.2) is 30.3 Å². The molecule has 2 heterocycles. The number of carboxylic acid groups (broad SMARTS) is 1. The molecule has 1 atom stereocenters. The fourth-order valence-corrected chi connectivity index (χ4v) is 5.21. The fraction of sp³-hybridized carbons (Fsp3) is 0.458. The van der Waals surface area contributed by atoms with Gasteiger partial charge in [-0.15, -0.1) is 12.4 Å². The maximum absolute atomic E-state index is 11.1. The van der Waals surface area contributed by atoms with Gasteiger partial charge in [-0.3, -0.25) is 4.79 Å². The van der Waals surface area contributed by atoms with Crippen LogP contribution in [0.1, 0.15) is 36.5 Å². The summed E-state index contributed by atoms with van der Waals surface area (Å²) >= 11 is 12.7. The molecule has 0 amide bonds. The molecule has 0 saturated carbocycles. The monoisotopic (exact) mass is 499 g/mol. The second-order valence-electron chi connectivity index (χ2n) is 8.76. The van der Waals surface area contributed by atoms with Gasteiger partial charge >= 0.3 is 5.97 Å². The molecular weight excluding hydrogens is 473 g/mol. The first kappa shape index (κ1) is 25.0. The molecule has 4 rings (SSSR count). The maximum atomic E-state index is 11.1. The number of piperidine rings is 1. The third-order valence-electron chi connectivity index (χ3n) is 6.46. The molecule has 0 aliphatic carbocycles. The van der Waals surface area contributed by atoms with Crippen molar-refractivity contribution in [3.05, 3.63) is 57.1 Å². The van der Waals surface area contributed by atoms with E-state index in [1.54, 1.807) is 6.92 Å². The van der Waals surface area contributed by atoms with E-state index in [0.717, 1.165) is 48.6 Å². The Bertz CT molecular complexity index is 966. The van der Waals surface area contributed by atoms with Crippen LogP contribution in [0.2, 0.25) is 10.0 Å². The second-order valence-corrected chi connectivity index (χ2v) is 9.58. The van der Waals surface area contributed by atoms with Crippen LogP contribution in [0.3, 0.4) is 0 Å². The summed E-state index contributed by atoms with van der Waals surface area (Å²) in [4.78, 5) is 13.4. The molecule has 0 bridgehead atoms. The fourth-order valence-electron chi connectivity index (χ4n) is 4.51. The highest BCUT2D eigenvalue weighted by atomic mass is 35.5. The van der Waals surface area contributed by atoms with E-state index < -0.39 is 5.97 Å². The van der Waals surface area contributed by atoms with Crippen LogP contribution in [-0.2, 0) is 16.8 Å². The van der Waals surface area contributed by atoms with Crippen LogP contribution in [0.5, 0.6) is 11.5 Å². The van der Waals surface area contributed by atoms with Gasteiger partial charge in [-0.1, -0.05) is 36.2 Å². The molecule has 2 aliphatic heterocycles. The molecule has 0 radical (unpaired) electrons. The minimum absolute atomic E-state index is 0. The molecule has 2 aliphatic rings. The van der Waals surface area contributed by atoms with Crippen molar-refractivity contribution in [2.45, 2.75) is 38.7 Å². The zero-order valence-electron chi connectivity index (χ0n) is 18.2. The van der Waals surface area contributed by atoms with Gasteiger partial charge in [-0.05, 0) is 56.6 Å². The van der Waals surface area contributed by atoms with Crippen LogP contribution in [-0.4, -0.2) is 42.2 Å². The quantitative estimate of drug-likeness (QED) is 0.547. The molecule has 8 heteroatoms. The van der Waals surface area contributed by atoms with E-state index in [1.807, 2.05) is 31.2 Å². The normalized spacial score (nSPS) is 17.9. The number of hydrogen-bond donors (Lipinski definition) is 1. The first-order chi connectivity index (χ1) is 14.8. The third-order valence-corrected chi connectivity index (χ3v) is 7.14. The van der Waals surface area contributed by atoms with E-state index >= 15 is 0 Å². The topological polar surface area (TPSA) is 59.0 Å². The molecule has 5 nitrogen and oxygen atoms in total. The number of carboxylic acids is 1. The molecule has 1 N–H and O–H groups in total. The molecule has 1 saturated heterocycles. The maximum Gasteiger partial charge on any atom is 0.307 e. The molecule has 1 spiro atoms. The van der Waals surface area contributed by atoms with Crippen molar-refractivity contribution < 1.29 is 19.4 Å². The molecule has 2 aromatic carbocycles. The Labute approximate surface area is 205 Å². The lowest BCUT2D eigenvalue weighted by molar-refractivity contribution is -0.141. The first-order valence-electron chi connectivity index (χ1n) is 10.6. The lowest BCUT2D eigenvalue weighted by Crippen LogP contribution is -2.45. The molecule has 0 aromatic heterocycles. The summed E-state index contributed by atoms with van der Waals surface area (Å²) in [7, 11) is 0. The summed E-state index contributed by atoms with van der Waals surface area (Å²) in [6.45, 7) is 7.01. The van der Waals surface area contributed by atoms with E-state index in [-0.39, 0.29) is 23.7 Å². The predicted molar refractivity (Wildman–Crippen MR) is 129 cm³/mol. The van der Waals surface area contributed by atoms with Gasteiger partial charge in [-0.25, -0.2) is 0 Å². The number of benzene rings is 2. The Morgan fingerprint density at radius 2 is 1.88 bits per heavy atom. The van der Waals surface area contributed by atoms with Gasteiger partial charge in [0.2, 0.25) is 0 Å². The van der Waals surface area contributed by atoms with Crippen molar-refractivity contribution in [1.29, 1.82) is 0 Å². The summed E-state index contributed by atoms with van der Waals surface area (Å²) in [6, 6.07) is 9.78. The predicted octanol–water partition coefficient (Wildman–Crippen LogP) is 5.75. The largest absolute Gasteiger partial charge is 0.492 e. The van der Waals surface area contributed by atoms with Crippen molar-refractivity contribution >= 4 is 41.6 Å². The Hall–Kier alpha value is -1.66. The van der Waals surface area contributed by atoms with E-state index in [0.29, 0.717) is 29.8 Å². The minimum Gasteiger partial charge on any atom is -0.492 e. The number of carbonyl (C=O) groups is 1. The molecule has 2 aromatic rings. The van der Waals surface area contributed by atoms with E-state index in [9.17, 15) is 4.79 Å².